The number of nitrogens with zero attached hydrogens (tertiary/aromatic N) is 3. The third-order valence-electron chi connectivity index (χ3n) is 5.34. The number of halogens is 2. The summed E-state index contributed by atoms with van der Waals surface area (Å²) in [4.78, 5) is 4.39. The van der Waals surface area contributed by atoms with Gasteiger partial charge in [0.15, 0.2) is 11.6 Å². The van der Waals surface area contributed by atoms with Crippen LogP contribution >= 0.6 is 0 Å². The zero-order valence-corrected chi connectivity index (χ0v) is 19.2. The summed E-state index contributed by atoms with van der Waals surface area (Å²) in [5.41, 5.74) is 9.22. The maximum atomic E-state index is 14.2. The summed E-state index contributed by atoms with van der Waals surface area (Å²) in [5.74, 6) is -0.424. The van der Waals surface area contributed by atoms with Gasteiger partial charge in [0.2, 0.25) is 0 Å². The number of ether oxygens (including phenoxy) is 2. The van der Waals surface area contributed by atoms with Crippen molar-refractivity contribution in [1.29, 1.82) is 0 Å². The van der Waals surface area contributed by atoms with Crippen LogP contribution in [0.2, 0.25) is 0 Å². The first kappa shape index (κ1) is 24.1. The predicted octanol–water partition coefficient (Wildman–Crippen LogP) is 5.93. The Morgan fingerprint density at radius 2 is 1.94 bits per heavy atom. The number of hydrogen-bond donors (Lipinski definition) is 1. The largest absolute Gasteiger partial charge is 0.492 e. The van der Waals surface area contributed by atoms with E-state index in [0.717, 1.165) is 30.0 Å². The van der Waals surface area contributed by atoms with Crippen LogP contribution in [0.3, 0.4) is 0 Å². The van der Waals surface area contributed by atoms with Crippen molar-refractivity contribution < 1.29 is 18.3 Å². The van der Waals surface area contributed by atoms with Gasteiger partial charge < -0.3 is 15.2 Å². The molecule has 2 aromatic rings. The van der Waals surface area contributed by atoms with E-state index in [1.54, 1.807) is 31.3 Å². The predicted molar refractivity (Wildman–Crippen MR) is 128 cm³/mol. The Kier molecular flexibility index (Phi) is 7.92. The Morgan fingerprint density at radius 1 is 1.18 bits per heavy atom. The first-order valence-electron chi connectivity index (χ1n) is 10.8. The van der Waals surface area contributed by atoms with Crippen LogP contribution in [0.15, 0.2) is 63.4 Å². The zero-order valence-electron chi connectivity index (χ0n) is 19.2. The first-order valence-corrected chi connectivity index (χ1v) is 10.8. The summed E-state index contributed by atoms with van der Waals surface area (Å²) in [6.07, 6.45) is 3.35. The Balaban J connectivity index is 2.02. The molecule has 0 saturated carbocycles. The number of rotatable bonds is 7. The van der Waals surface area contributed by atoms with E-state index < -0.39 is 11.6 Å². The lowest BCUT2D eigenvalue weighted by Gasteiger charge is -2.15. The van der Waals surface area contributed by atoms with Crippen LogP contribution in [0.5, 0.6) is 11.5 Å². The molecular weight excluding hydrogens is 426 g/mol. The molecular formula is C25H28F2N4O2. The molecule has 2 N–H and O–H groups in total. The zero-order chi connectivity index (χ0) is 24.0. The number of benzene rings is 2. The van der Waals surface area contributed by atoms with Crippen molar-refractivity contribution in [2.45, 2.75) is 33.6 Å². The van der Waals surface area contributed by atoms with Crippen molar-refractivity contribution in [3.05, 3.63) is 65.4 Å². The van der Waals surface area contributed by atoms with Gasteiger partial charge in [-0.05, 0) is 62.9 Å². The molecule has 2 aromatic carbocycles. The lowest BCUT2D eigenvalue weighted by atomic mass is 9.98. The first-order chi connectivity index (χ1) is 15.8. The highest BCUT2D eigenvalue weighted by Crippen LogP contribution is 2.30. The summed E-state index contributed by atoms with van der Waals surface area (Å²) in [6, 6.07) is 8.06. The van der Waals surface area contributed by atoms with Crippen molar-refractivity contribution in [2.24, 2.45) is 21.1 Å². The average Bonchev–Trinajstić information content (AvgIpc) is 2.95. The fourth-order valence-corrected chi connectivity index (χ4v) is 3.29. The fourth-order valence-electron chi connectivity index (χ4n) is 3.29. The third kappa shape index (κ3) is 6.03. The van der Waals surface area contributed by atoms with Gasteiger partial charge in [-0.2, -0.15) is 10.2 Å². The summed E-state index contributed by atoms with van der Waals surface area (Å²) >= 11 is 0. The molecule has 1 heterocycles. The van der Waals surface area contributed by atoms with Gasteiger partial charge >= 0.3 is 0 Å². The summed E-state index contributed by atoms with van der Waals surface area (Å²) in [5, 5.41) is 8.72. The van der Waals surface area contributed by atoms with E-state index in [4.69, 9.17) is 15.2 Å². The SMILES string of the molecule is CCO/C(=C/C(=N\C)c1cc(N)ccc1Oc1ccc(F)cc1F)C1=NN=C(C)C(C)CC1. The minimum Gasteiger partial charge on any atom is -0.492 e. The van der Waals surface area contributed by atoms with Gasteiger partial charge in [0.05, 0.1) is 12.3 Å². The molecule has 6 nitrogen and oxygen atoms in total. The standard InChI is InChI=1S/C25H28F2N4O2/c1-5-32-25(21-9-6-15(2)16(3)30-31-21)14-22(29-4)19-13-18(28)8-11-23(19)33-24-10-7-17(26)12-20(24)27/h7-8,10-15H,5-6,9,28H2,1-4H3/b25-14+,29-22+. The molecule has 0 aromatic heterocycles. The Bertz CT molecular complexity index is 1140. The van der Waals surface area contributed by atoms with Crippen LogP contribution in [0, 0.1) is 17.6 Å². The Labute approximate surface area is 192 Å². The van der Waals surface area contributed by atoms with Crippen molar-refractivity contribution >= 4 is 22.8 Å². The van der Waals surface area contributed by atoms with Gasteiger partial charge in [-0.25, -0.2) is 8.78 Å². The minimum atomic E-state index is -0.812. The molecule has 0 amide bonds. The summed E-state index contributed by atoms with van der Waals surface area (Å²) in [7, 11) is 1.63. The second-order valence-electron chi connectivity index (χ2n) is 7.71. The maximum absolute atomic E-state index is 14.2. The molecule has 8 heteroatoms. The smallest absolute Gasteiger partial charge is 0.168 e. The van der Waals surface area contributed by atoms with Gasteiger partial charge in [0, 0.05) is 36.2 Å². The van der Waals surface area contributed by atoms with E-state index in [2.05, 4.69) is 22.1 Å². The molecule has 33 heavy (non-hydrogen) atoms. The highest BCUT2D eigenvalue weighted by Gasteiger charge is 2.19. The number of allylic oxidation sites excluding steroid dienone is 2. The van der Waals surface area contributed by atoms with Crippen LogP contribution in [-0.4, -0.2) is 30.8 Å². The number of nitrogens with two attached hydrogens (primary N) is 1. The van der Waals surface area contributed by atoms with Crippen molar-refractivity contribution in [3.63, 3.8) is 0 Å². The Hall–Kier alpha value is -3.55. The third-order valence-corrected chi connectivity index (χ3v) is 5.34. The maximum Gasteiger partial charge on any atom is 0.168 e. The number of anilines is 1. The molecule has 3 rings (SSSR count). The number of nitrogen functional groups attached to an aromatic ring is 1. The van der Waals surface area contributed by atoms with Crippen molar-refractivity contribution in [2.75, 3.05) is 19.4 Å². The van der Waals surface area contributed by atoms with Crippen LogP contribution in [0.25, 0.3) is 0 Å². The minimum absolute atomic E-state index is 0.112. The molecule has 0 aliphatic carbocycles. The van der Waals surface area contributed by atoms with Gasteiger partial charge in [-0.1, -0.05) is 6.92 Å². The Morgan fingerprint density at radius 3 is 2.64 bits per heavy atom. The van der Waals surface area contributed by atoms with E-state index in [-0.39, 0.29) is 5.75 Å². The molecule has 0 saturated heterocycles. The molecule has 1 atom stereocenters. The van der Waals surface area contributed by atoms with Crippen LogP contribution in [0.1, 0.15) is 39.2 Å². The molecule has 0 spiro atoms. The van der Waals surface area contributed by atoms with Crippen LogP contribution in [-0.2, 0) is 4.74 Å². The number of hydrogen-bond acceptors (Lipinski definition) is 6. The van der Waals surface area contributed by atoms with E-state index in [9.17, 15) is 8.78 Å². The van der Waals surface area contributed by atoms with Gasteiger partial charge in [-0.3, -0.25) is 4.99 Å². The average molecular weight is 455 g/mol. The second-order valence-corrected chi connectivity index (χ2v) is 7.71. The van der Waals surface area contributed by atoms with Crippen LogP contribution in [0.4, 0.5) is 14.5 Å². The molecule has 1 unspecified atom stereocenters. The molecule has 1 aliphatic rings. The quantitative estimate of drug-likeness (QED) is 0.320. The highest BCUT2D eigenvalue weighted by atomic mass is 19.1. The topological polar surface area (TPSA) is 81.6 Å². The number of aliphatic imine (C=N–C) groups is 1. The molecule has 1 aliphatic heterocycles. The highest BCUT2D eigenvalue weighted by molar-refractivity contribution is 6.15. The van der Waals surface area contributed by atoms with Gasteiger partial charge in [0.1, 0.15) is 23.0 Å². The van der Waals surface area contributed by atoms with Crippen molar-refractivity contribution in [1.82, 2.24) is 0 Å². The monoisotopic (exact) mass is 454 g/mol. The van der Waals surface area contributed by atoms with E-state index in [0.29, 0.717) is 47.4 Å². The van der Waals surface area contributed by atoms with Gasteiger partial charge in [0.25, 0.3) is 0 Å². The van der Waals surface area contributed by atoms with Crippen LogP contribution < -0.4 is 10.5 Å². The van der Waals surface area contributed by atoms with E-state index in [1.165, 1.54) is 6.07 Å². The molecule has 174 valence electrons. The van der Waals surface area contributed by atoms with E-state index in [1.807, 2.05) is 13.8 Å². The summed E-state index contributed by atoms with van der Waals surface area (Å²) < 4.78 is 39.2. The van der Waals surface area contributed by atoms with Gasteiger partial charge in [-0.15, -0.1) is 0 Å². The summed E-state index contributed by atoms with van der Waals surface area (Å²) in [6.45, 7) is 6.40. The normalized spacial score (nSPS) is 17.2. The lowest BCUT2D eigenvalue weighted by molar-refractivity contribution is 0.249. The fraction of sp³-hybridized carbons (Fsp3) is 0.320. The molecule has 0 radical (unpaired) electrons. The molecule has 0 bridgehead atoms. The molecule has 0 fully saturated rings. The van der Waals surface area contributed by atoms with Crippen molar-refractivity contribution in [3.8, 4) is 11.5 Å². The lowest BCUT2D eigenvalue weighted by Crippen LogP contribution is -2.12. The second kappa shape index (κ2) is 10.8. The van der Waals surface area contributed by atoms with E-state index >= 15 is 0 Å².